The van der Waals surface area contributed by atoms with Gasteiger partial charge in [-0.05, 0) is 0 Å². The second-order valence-electron chi connectivity index (χ2n) is 14.3. The van der Waals surface area contributed by atoms with Crippen molar-refractivity contribution in [1.82, 2.24) is 15.0 Å². The van der Waals surface area contributed by atoms with Crippen LogP contribution in [0.5, 0.6) is 0 Å². The fraction of sp³-hybridized carbons (Fsp3) is 0.0192. The van der Waals surface area contributed by atoms with Gasteiger partial charge in [-0.1, -0.05) is 18.2 Å². The van der Waals surface area contributed by atoms with Gasteiger partial charge in [0.2, 0.25) is 0 Å². The Balaban J connectivity index is 1.18. The van der Waals surface area contributed by atoms with E-state index in [1.807, 2.05) is 6.07 Å². The van der Waals surface area contributed by atoms with Crippen LogP contribution in [0.15, 0.2) is 200 Å². The third-order valence-corrected chi connectivity index (χ3v) is 13.8. The van der Waals surface area contributed by atoms with Crippen LogP contribution in [0.4, 0.5) is 0 Å². The van der Waals surface area contributed by atoms with Gasteiger partial charge in [0, 0.05) is 0 Å². The van der Waals surface area contributed by atoms with Crippen molar-refractivity contribution in [2.24, 2.45) is 0 Å². The summed E-state index contributed by atoms with van der Waals surface area (Å²) >= 11 is 0.130. The topological polar surface area (TPSA) is 38.7 Å². The van der Waals surface area contributed by atoms with Crippen LogP contribution in [0.1, 0.15) is 22.3 Å². The Morgan fingerprint density at radius 2 is 0.839 bits per heavy atom. The summed E-state index contributed by atoms with van der Waals surface area (Å²) in [7, 11) is 0. The molecular weight excluding hydrogens is 746 g/mol. The predicted molar refractivity (Wildman–Crippen MR) is 231 cm³/mol. The normalized spacial score (nSPS) is 12.8. The van der Waals surface area contributed by atoms with Crippen molar-refractivity contribution in [3.05, 3.63) is 222 Å². The van der Waals surface area contributed by atoms with E-state index in [1.165, 1.54) is 52.7 Å². The third-order valence-electron chi connectivity index (χ3n) is 11.3. The predicted octanol–water partition coefficient (Wildman–Crippen LogP) is 12.3. The molecule has 8 aromatic carbocycles. The van der Waals surface area contributed by atoms with Gasteiger partial charge in [-0.3, -0.25) is 0 Å². The van der Waals surface area contributed by atoms with Crippen LogP contribution in [0, 0.1) is 0 Å². The first kappa shape index (κ1) is 32.7. The molecule has 0 radical (unpaired) electrons. The molecule has 10 aromatic rings. The third kappa shape index (κ3) is 5.08. The van der Waals surface area contributed by atoms with E-state index in [-0.39, 0.29) is 14.5 Å². The summed E-state index contributed by atoms with van der Waals surface area (Å²) in [5.41, 5.74) is 12.1. The van der Waals surface area contributed by atoms with Crippen molar-refractivity contribution < 1.29 is 0 Å². The van der Waals surface area contributed by atoms with Crippen LogP contribution < -0.4 is 0 Å². The van der Waals surface area contributed by atoms with Gasteiger partial charge in [-0.25, -0.2) is 0 Å². The molecule has 1 aliphatic rings. The average molecular weight is 779 g/mol. The first-order chi connectivity index (χ1) is 27.8. The summed E-state index contributed by atoms with van der Waals surface area (Å²) in [5.74, 6) is 2.03. The van der Waals surface area contributed by atoms with Crippen molar-refractivity contribution in [3.8, 4) is 56.4 Å². The van der Waals surface area contributed by atoms with Gasteiger partial charge in [0.15, 0.2) is 0 Å². The number of hydrogen-bond donors (Lipinski definition) is 0. The summed E-state index contributed by atoms with van der Waals surface area (Å²) in [5, 5.41) is 2.59. The van der Waals surface area contributed by atoms with Crippen molar-refractivity contribution in [1.29, 1.82) is 0 Å². The Kier molecular flexibility index (Phi) is 7.73. The minimum atomic E-state index is -0.523. The van der Waals surface area contributed by atoms with Crippen molar-refractivity contribution in [2.75, 3.05) is 0 Å². The molecule has 262 valence electrons. The van der Waals surface area contributed by atoms with Crippen molar-refractivity contribution >= 4 is 33.8 Å². The van der Waals surface area contributed by atoms with Crippen LogP contribution in [-0.2, 0) is 5.41 Å². The van der Waals surface area contributed by atoms with Crippen molar-refractivity contribution in [3.63, 3.8) is 0 Å². The molecule has 0 fully saturated rings. The number of rotatable bonds is 6. The second-order valence-corrected chi connectivity index (χ2v) is 16.5. The molecule has 0 aliphatic heterocycles. The van der Waals surface area contributed by atoms with Gasteiger partial charge in [-0.15, -0.1) is 0 Å². The fourth-order valence-electron chi connectivity index (χ4n) is 8.79. The van der Waals surface area contributed by atoms with Gasteiger partial charge in [-0.2, -0.15) is 0 Å². The van der Waals surface area contributed by atoms with Crippen LogP contribution in [0.25, 0.3) is 75.7 Å². The first-order valence-electron chi connectivity index (χ1n) is 18.9. The van der Waals surface area contributed by atoms with E-state index in [1.54, 1.807) is 0 Å². The molecule has 11 rings (SSSR count). The molecule has 0 saturated heterocycles. The maximum absolute atomic E-state index is 5.44. The van der Waals surface area contributed by atoms with Crippen LogP contribution in [-0.4, -0.2) is 29.5 Å². The monoisotopic (exact) mass is 779 g/mol. The summed E-state index contributed by atoms with van der Waals surface area (Å²) in [6, 6.07) is 71.8. The molecule has 0 amide bonds. The molecule has 0 atom stereocenters. The van der Waals surface area contributed by atoms with E-state index in [4.69, 9.17) is 15.0 Å². The standard InChI is InChI=1S/C52H33N3Se/c1-4-16-34(17-5-1)35-30-32-36(33-31-35)49-53-50(55-51(54-49)43-26-14-24-40-39-22-11-13-29-46(39)56-48(40)43)42-25-15-28-45-47(42)41-23-10-12-27-44(41)52(45,37-18-6-2-7-19-37)38-20-8-3-9-21-38/h1-33H. The van der Waals surface area contributed by atoms with E-state index in [2.05, 4.69) is 194 Å². The van der Waals surface area contributed by atoms with E-state index in [0.29, 0.717) is 17.5 Å². The van der Waals surface area contributed by atoms with Gasteiger partial charge in [0.25, 0.3) is 0 Å². The van der Waals surface area contributed by atoms with Crippen LogP contribution >= 0.6 is 0 Å². The summed E-state index contributed by atoms with van der Waals surface area (Å²) in [6.45, 7) is 0. The second kappa shape index (κ2) is 13.2. The Hall–Kier alpha value is -6.71. The summed E-state index contributed by atoms with van der Waals surface area (Å²) in [4.78, 5) is 16.1. The molecule has 2 heterocycles. The zero-order valence-electron chi connectivity index (χ0n) is 30.3. The Morgan fingerprint density at radius 1 is 0.339 bits per heavy atom. The number of aromatic nitrogens is 3. The molecule has 1 aliphatic carbocycles. The molecule has 56 heavy (non-hydrogen) atoms. The first-order valence-corrected chi connectivity index (χ1v) is 20.7. The molecule has 4 heteroatoms. The summed E-state index contributed by atoms with van der Waals surface area (Å²) < 4.78 is 2.71. The SMILES string of the molecule is c1ccc(-c2ccc(-c3nc(-c4cccc5c4-c4ccccc4C5(c4ccccc4)c4ccccc4)nc(-c4cccc5c4[se]c4ccccc45)n3)cc2)cc1. The Labute approximate surface area is 331 Å². The van der Waals surface area contributed by atoms with Gasteiger partial charge in [0.05, 0.1) is 0 Å². The van der Waals surface area contributed by atoms with Gasteiger partial charge in [0.1, 0.15) is 0 Å². The maximum atomic E-state index is 5.44. The molecule has 2 aromatic heterocycles. The quantitative estimate of drug-likeness (QED) is 0.158. The average Bonchev–Trinajstić information content (AvgIpc) is 3.81. The molecule has 0 unspecified atom stereocenters. The van der Waals surface area contributed by atoms with Crippen LogP contribution in [0.3, 0.4) is 0 Å². The zero-order chi connectivity index (χ0) is 37.1. The van der Waals surface area contributed by atoms with Gasteiger partial charge >= 0.3 is 315 Å². The minimum absolute atomic E-state index is 0.130. The molecule has 0 spiro atoms. The zero-order valence-corrected chi connectivity index (χ0v) is 32.0. The molecular formula is C52H33N3Se. The molecule has 0 saturated carbocycles. The van der Waals surface area contributed by atoms with E-state index < -0.39 is 5.41 Å². The number of nitrogens with zero attached hydrogens (tertiary/aromatic N) is 3. The number of benzene rings is 8. The molecule has 0 N–H and O–H groups in total. The van der Waals surface area contributed by atoms with E-state index >= 15 is 0 Å². The molecule has 3 nitrogen and oxygen atoms in total. The van der Waals surface area contributed by atoms with Crippen LogP contribution in [0.2, 0.25) is 0 Å². The fourth-order valence-corrected chi connectivity index (χ4v) is 11.3. The van der Waals surface area contributed by atoms with Crippen molar-refractivity contribution in [2.45, 2.75) is 5.41 Å². The Morgan fingerprint density at radius 3 is 1.59 bits per heavy atom. The number of fused-ring (bicyclic) bond motifs is 6. The Bertz CT molecular complexity index is 3020. The number of hydrogen-bond acceptors (Lipinski definition) is 3. The van der Waals surface area contributed by atoms with Gasteiger partial charge < -0.3 is 0 Å². The molecule has 0 bridgehead atoms. The van der Waals surface area contributed by atoms with E-state index in [0.717, 1.165) is 27.8 Å². The van der Waals surface area contributed by atoms with E-state index in [9.17, 15) is 0 Å². The summed E-state index contributed by atoms with van der Waals surface area (Å²) in [6.07, 6.45) is 0.